The minimum Gasteiger partial charge on any atom is -0.317 e. The van der Waals surface area contributed by atoms with Crippen LogP contribution in [0, 0.1) is 0 Å². The largest absolute Gasteiger partial charge is 0.317 e. The van der Waals surface area contributed by atoms with Crippen molar-refractivity contribution in [3.05, 3.63) is 16.1 Å². The molecule has 1 fully saturated rings. The summed E-state index contributed by atoms with van der Waals surface area (Å²) in [6.07, 6.45) is 3.65. The topological polar surface area (TPSA) is 28.2 Å². The van der Waals surface area contributed by atoms with Crippen LogP contribution in [0.4, 0.5) is 0 Å². The standard InChI is InChI=1S/C15H27N3S/c1-11(2)18-7-5-6-13(9-18)15-17-14(10-19-15)8-12(3)16-4/h10-13,16H,5-9H2,1-4H3. The van der Waals surface area contributed by atoms with Crippen molar-refractivity contribution in [3.63, 3.8) is 0 Å². The zero-order valence-corrected chi connectivity index (χ0v) is 13.5. The number of piperidine rings is 1. The number of nitrogens with zero attached hydrogens (tertiary/aromatic N) is 2. The highest BCUT2D eigenvalue weighted by molar-refractivity contribution is 7.09. The molecular formula is C15H27N3S. The van der Waals surface area contributed by atoms with Crippen LogP contribution in [0.25, 0.3) is 0 Å². The molecule has 2 unspecified atom stereocenters. The van der Waals surface area contributed by atoms with Gasteiger partial charge in [0, 0.05) is 36.3 Å². The Balaban J connectivity index is 1.97. The van der Waals surface area contributed by atoms with E-state index in [1.54, 1.807) is 0 Å². The maximum atomic E-state index is 4.87. The molecule has 3 nitrogen and oxygen atoms in total. The molecule has 0 aliphatic carbocycles. The minimum absolute atomic E-state index is 0.508. The quantitative estimate of drug-likeness (QED) is 0.899. The molecule has 19 heavy (non-hydrogen) atoms. The Hall–Kier alpha value is -0.450. The van der Waals surface area contributed by atoms with Gasteiger partial charge in [-0.15, -0.1) is 11.3 Å². The molecule has 108 valence electrons. The Labute approximate surface area is 121 Å². The third-order valence-electron chi connectivity index (χ3n) is 4.11. The fraction of sp³-hybridized carbons (Fsp3) is 0.800. The second-order valence-electron chi connectivity index (χ2n) is 6.00. The van der Waals surface area contributed by atoms with Crippen LogP contribution >= 0.6 is 11.3 Å². The van der Waals surface area contributed by atoms with E-state index < -0.39 is 0 Å². The fourth-order valence-electron chi connectivity index (χ4n) is 2.70. The van der Waals surface area contributed by atoms with Crippen LogP contribution in [0.5, 0.6) is 0 Å². The maximum Gasteiger partial charge on any atom is 0.0972 e. The summed E-state index contributed by atoms with van der Waals surface area (Å²) in [6, 6.07) is 1.17. The van der Waals surface area contributed by atoms with Crippen LogP contribution in [-0.2, 0) is 6.42 Å². The van der Waals surface area contributed by atoms with Crippen LogP contribution in [0.3, 0.4) is 0 Å². The summed E-state index contributed by atoms with van der Waals surface area (Å²) in [4.78, 5) is 7.46. The predicted octanol–water partition coefficient (Wildman–Crippen LogP) is 2.88. The van der Waals surface area contributed by atoms with E-state index in [0.29, 0.717) is 18.0 Å². The Kier molecular flexibility index (Phi) is 5.37. The van der Waals surface area contributed by atoms with Gasteiger partial charge in [0.1, 0.15) is 0 Å². The van der Waals surface area contributed by atoms with Crippen molar-refractivity contribution in [2.75, 3.05) is 20.1 Å². The third kappa shape index (κ3) is 4.01. The first kappa shape index (κ1) is 14.9. The molecule has 0 bridgehead atoms. The van der Waals surface area contributed by atoms with E-state index in [-0.39, 0.29) is 0 Å². The maximum absolute atomic E-state index is 4.87. The van der Waals surface area contributed by atoms with E-state index in [1.165, 1.54) is 36.6 Å². The monoisotopic (exact) mass is 281 g/mol. The lowest BCUT2D eigenvalue weighted by atomic mass is 9.97. The van der Waals surface area contributed by atoms with Gasteiger partial charge >= 0.3 is 0 Å². The predicted molar refractivity (Wildman–Crippen MR) is 83.0 cm³/mol. The van der Waals surface area contributed by atoms with E-state index in [2.05, 4.69) is 36.4 Å². The molecule has 0 saturated carbocycles. The first-order valence-corrected chi connectivity index (χ1v) is 8.33. The van der Waals surface area contributed by atoms with E-state index in [1.807, 2.05) is 18.4 Å². The van der Waals surface area contributed by atoms with Crippen molar-refractivity contribution >= 4 is 11.3 Å². The molecule has 1 aromatic heterocycles. The number of thiazole rings is 1. The van der Waals surface area contributed by atoms with Gasteiger partial charge in [-0.25, -0.2) is 4.98 Å². The second kappa shape index (κ2) is 6.82. The average Bonchev–Trinajstić information content (AvgIpc) is 2.87. The first-order valence-electron chi connectivity index (χ1n) is 7.45. The Morgan fingerprint density at radius 1 is 1.47 bits per heavy atom. The summed E-state index contributed by atoms with van der Waals surface area (Å²) in [5.74, 6) is 0.653. The molecule has 0 radical (unpaired) electrons. The Morgan fingerprint density at radius 3 is 2.95 bits per heavy atom. The van der Waals surface area contributed by atoms with E-state index in [9.17, 15) is 0 Å². The molecule has 2 heterocycles. The smallest absolute Gasteiger partial charge is 0.0972 e. The lowest BCUT2D eigenvalue weighted by Gasteiger charge is -2.34. The molecule has 2 rings (SSSR count). The lowest BCUT2D eigenvalue weighted by molar-refractivity contribution is 0.167. The van der Waals surface area contributed by atoms with Gasteiger partial charge in [-0.05, 0) is 47.2 Å². The molecular weight excluding hydrogens is 254 g/mol. The van der Waals surface area contributed by atoms with Crippen LogP contribution in [0.15, 0.2) is 5.38 Å². The Morgan fingerprint density at radius 2 is 2.26 bits per heavy atom. The van der Waals surface area contributed by atoms with Gasteiger partial charge in [-0.1, -0.05) is 0 Å². The van der Waals surface area contributed by atoms with Crippen molar-refractivity contribution < 1.29 is 0 Å². The van der Waals surface area contributed by atoms with Gasteiger partial charge in [-0.2, -0.15) is 0 Å². The summed E-state index contributed by atoms with van der Waals surface area (Å²) in [6.45, 7) is 9.24. The number of nitrogens with one attached hydrogen (secondary N) is 1. The normalized spacial score (nSPS) is 22.9. The molecule has 0 spiro atoms. The van der Waals surface area contributed by atoms with Gasteiger partial charge in [0.15, 0.2) is 0 Å². The molecule has 1 saturated heterocycles. The summed E-state index contributed by atoms with van der Waals surface area (Å²) < 4.78 is 0. The van der Waals surface area contributed by atoms with Gasteiger partial charge < -0.3 is 10.2 Å². The zero-order valence-electron chi connectivity index (χ0n) is 12.6. The molecule has 1 N–H and O–H groups in total. The SMILES string of the molecule is CNC(C)Cc1csc(C2CCCN(C(C)C)C2)n1. The Bertz CT molecular complexity index is 388. The zero-order chi connectivity index (χ0) is 13.8. The summed E-state index contributed by atoms with van der Waals surface area (Å²) >= 11 is 1.86. The number of likely N-dealkylation sites (tertiary alicyclic amines) is 1. The van der Waals surface area contributed by atoms with Crippen molar-refractivity contribution in [2.24, 2.45) is 0 Å². The number of aromatic nitrogens is 1. The van der Waals surface area contributed by atoms with E-state index >= 15 is 0 Å². The molecule has 4 heteroatoms. The molecule has 2 atom stereocenters. The van der Waals surface area contributed by atoms with Crippen LogP contribution in [0.2, 0.25) is 0 Å². The summed E-state index contributed by atoms with van der Waals surface area (Å²) in [7, 11) is 2.01. The van der Waals surface area contributed by atoms with Crippen molar-refractivity contribution in [2.45, 2.75) is 58.0 Å². The van der Waals surface area contributed by atoms with Crippen molar-refractivity contribution in [1.82, 2.24) is 15.2 Å². The lowest BCUT2D eigenvalue weighted by Crippen LogP contribution is -2.39. The number of likely N-dealkylation sites (N-methyl/N-ethyl adjacent to an activating group) is 1. The van der Waals surface area contributed by atoms with Gasteiger partial charge in [-0.3, -0.25) is 0 Å². The molecule has 1 aromatic rings. The minimum atomic E-state index is 0.508. The van der Waals surface area contributed by atoms with Gasteiger partial charge in [0.25, 0.3) is 0 Å². The third-order valence-corrected chi connectivity index (χ3v) is 5.17. The highest BCUT2D eigenvalue weighted by atomic mass is 32.1. The number of rotatable bonds is 5. The van der Waals surface area contributed by atoms with Crippen LogP contribution in [0.1, 0.15) is 50.2 Å². The van der Waals surface area contributed by atoms with Crippen molar-refractivity contribution in [1.29, 1.82) is 0 Å². The molecule has 1 aliphatic heterocycles. The van der Waals surface area contributed by atoms with Crippen LogP contribution < -0.4 is 5.32 Å². The van der Waals surface area contributed by atoms with Crippen molar-refractivity contribution in [3.8, 4) is 0 Å². The summed E-state index contributed by atoms with van der Waals surface area (Å²) in [5.41, 5.74) is 1.25. The number of hydrogen-bond acceptors (Lipinski definition) is 4. The van der Waals surface area contributed by atoms with E-state index in [0.717, 1.165) is 6.42 Å². The van der Waals surface area contributed by atoms with Gasteiger partial charge in [0.2, 0.25) is 0 Å². The first-order chi connectivity index (χ1) is 9.10. The molecule has 0 aromatic carbocycles. The fourth-order valence-corrected chi connectivity index (χ4v) is 3.66. The molecule has 0 amide bonds. The molecule has 1 aliphatic rings. The second-order valence-corrected chi connectivity index (χ2v) is 6.89. The summed E-state index contributed by atoms with van der Waals surface area (Å²) in [5, 5.41) is 6.88. The highest BCUT2D eigenvalue weighted by Crippen LogP contribution is 2.30. The van der Waals surface area contributed by atoms with E-state index in [4.69, 9.17) is 4.98 Å². The van der Waals surface area contributed by atoms with Crippen LogP contribution in [-0.4, -0.2) is 42.1 Å². The van der Waals surface area contributed by atoms with Gasteiger partial charge in [0.05, 0.1) is 10.7 Å². The number of hydrogen-bond donors (Lipinski definition) is 1. The highest BCUT2D eigenvalue weighted by Gasteiger charge is 2.25. The average molecular weight is 281 g/mol.